The minimum absolute atomic E-state index is 0.930. The minimum Gasteiger partial charge on any atom is -0.385 e. The number of aromatic amines is 1. The van der Waals surface area contributed by atoms with Crippen LogP contribution in [-0.4, -0.2) is 21.7 Å². The molecule has 1 heterocycles. The van der Waals surface area contributed by atoms with Crippen molar-refractivity contribution in [1.29, 1.82) is 0 Å². The molecule has 4 heteroatoms. The van der Waals surface area contributed by atoms with Crippen LogP contribution in [0.4, 0.5) is 5.69 Å². The predicted octanol–water partition coefficient (Wildman–Crippen LogP) is 1.85. The van der Waals surface area contributed by atoms with E-state index in [9.17, 15) is 0 Å². The van der Waals surface area contributed by atoms with Gasteiger partial charge in [0.25, 0.3) is 0 Å². The van der Waals surface area contributed by atoms with Crippen molar-refractivity contribution in [3.05, 3.63) is 42.5 Å². The molecule has 0 radical (unpaired) electrons. The van der Waals surface area contributed by atoms with Crippen molar-refractivity contribution in [2.75, 3.05) is 11.9 Å². The lowest BCUT2D eigenvalue weighted by molar-refractivity contribution is 0.806. The van der Waals surface area contributed by atoms with Gasteiger partial charge in [-0.3, -0.25) is 5.10 Å². The summed E-state index contributed by atoms with van der Waals surface area (Å²) in [5.74, 6) is 0.949. The molecule has 0 bridgehead atoms. The summed E-state index contributed by atoms with van der Waals surface area (Å²) in [5.41, 5.74) is 1.16. The van der Waals surface area contributed by atoms with Gasteiger partial charge in [-0.2, -0.15) is 5.10 Å². The maximum Gasteiger partial charge on any atom is 0.137 e. The van der Waals surface area contributed by atoms with Gasteiger partial charge in [0, 0.05) is 18.7 Å². The molecule has 0 aliphatic heterocycles. The third-order valence-corrected chi connectivity index (χ3v) is 2.16. The quantitative estimate of drug-likeness (QED) is 0.727. The van der Waals surface area contributed by atoms with E-state index < -0.39 is 0 Å². The van der Waals surface area contributed by atoms with E-state index in [4.69, 9.17) is 0 Å². The molecule has 0 unspecified atom stereocenters. The summed E-state index contributed by atoms with van der Waals surface area (Å²) in [6.45, 7) is 0.949. The first-order chi connectivity index (χ1) is 7.45. The van der Waals surface area contributed by atoms with Crippen LogP contribution in [0.25, 0.3) is 0 Å². The van der Waals surface area contributed by atoms with Crippen LogP contribution in [-0.2, 0) is 6.42 Å². The zero-order valence-corrected chi connectivity index (χ0v) is 8.48. The number of rotatable bonds is 5. The van der Waals surface area contributed by atoms with Gasteiger partial charge in [0.2, 0.25) is 0 Å². The standard InChI is InChI=1S/C11H14N4/c1-2-5-10(6-3-1)12-8-4-7-11-13-9-14-15-11/h1-3,5-6,9,12H,4,7-8H2,(H,13,14,15). The molecular weight excluding hydrogens is 188 g/mol. The first-order valence-corrected chi connectivity index (χ1v) is 5.08. The number of nitrogens with zero attached hydrogens (tertiary/aromatic N) is 2. The number of aromatic nitrogens is 3. The van der Waals surface area contributed by atoms with Gasteiger partial charge < -0.3 is 5.32 Å². The molecule has 4 nitrogen and oxygen atoms in total. The molecule has 15 heavy (non-hydrogen) atoms. The van der Waals surface area contributed by atoms with Crippen LogP contribution in [0.3, 0.4) is 0 Å². The van der Waals surface area contributed by atoms with E-state index in [1.165, 1.54) is 0 Å². The Morgan fingerprint density at radius 1 is 1.20 bits per heavy atom. The van der Waals surface area contributed by atoms with Crippen LogP contribution >= 0.6 is 0 Å². The van der Waals surface area contributed by atoms with Crippen molar-refractivity contribution in [2.45, 2.75) is 12.8 Å². The van der Waals surface area contributed by atoms with Crippen molar-refractivity contribution in [3.63, 3.8) is 0 Å². The average molecular weight is 202 g/mol. The van der Waals surface area contributed by atoms with Gasteiger partial charge in [0.1, 0.15) is 12.2 Å². The molecule has 0 amide bonds. The first-order valence-electron chi connectivity index (χ1n) is 5.08. The fraction of sp³-hybridized carbons (Fsp3) is 0.273. The average Bonchev–Trinajstić information content (AvgIpc) is 2.79. The third kappa shape index (κ3) is 3.09. The summed E-state index contributed by atoms with van der Waals surface area (Å²) < 4.78 is 0. The summed E-state index contributed by atoms with van der Waals surface area (Å²) in [7, 11) is 0. The van der Waals surface area contributed by atoms with E-state index in [0.717, 1.165) is 30.9 Å². The third-order valence-electron chi connectivity index (χ3n) is 2.16. The predicted molar refractivity (Wildman–Crippen MR) is 59.6 cm³/mol. The van der Waals surface area contributed by atoms with Crippen molar-refractivity contribution >= 4 is 5.69 Å². The van der Waals surface area contributed by atoms with Crippen molar-refractivity contribution in [3.8, 4) is 0 Å². The number of para-hydroxylation sites is 1. The molecule has 0 aliphatic rings. The number of hydrogen-bond acceptors (Lipinski definition) is 3. The monoisotopic (exact) mass is 202 g/mol. The Labute approximate surface area is 88.8 Å². The molecule has 0 aliphatic carbocycles. The Balaban J connectivity index is 1.68. The summed E-state index contributed by atoms with van der Waals surface area (Å²) in [6, 6.07) is 10.2. The van der Waals surface area contributed by atoms with E-state index >= 15 is 0 Å². The lowest BCUT2D eigenvalue weighted by Gasteiger charge is -2.04. The Bertz CT molecular complexity index is 369. The van der Waals surface area contributed by atoms with E-state index in [2.05, 4.69) is 32.6 Å². The Kier molecular flexibility index (Phi) is 3.33. The van der Waals surface area contributed by atoms with Crippen LogP contribution in [0.5, 0.6) is 0 Å². The summed E-state index contributed by atoms with van der Waals surface area (Å²) >= 11 is 0. The van der Waals surface area contributed by atoms with Crippen LogP contribution < -0.4 is 5.32 Å². The molecular formula is C11H14N4. The van der Waals surface area contributed by atoms with Gasteiger partial charge in [0.05, 0.1) is 0 Å². The van der Waals surface area contributed by atoms with Crippen LogP contribution in [0.1, 0.15) is 12.2 Å². The number of anilines is 1. The lowest BCUT2D eigenvalue weighted by Crippen LogP contribution is -2.03. The highest BCUT2D eigenvalue weighted by molar-refractivity contribution is 5.42. The number of aryl methyl sites for hydroxylation is 1. The lowest BCUT2D eigenvalue weighted by atomic mass is 10.2. The molecule has 78 valence electrons. The summed E-state index contributed by atoms with van der Waals surface area (Å²) in [4.78, 5) is 4.07. The first kappa shape index (κ1) is 9.71. The molecule has 1 aromatic carbocycles. The normalized spacial score (nSPS) is 10.1. The van der Waals surface area contributed by atoms with Crippen molar-refractivity contribution < 1.29 is 0 Å². The van der Waals surface area contributed by atoms with Gasteiger partial charge in [0.15, 0.2) is 0 Å². The second-order valence-electron chi connectivity index (χ2n) is 3.33. The van der Waals surface area contributed by atoms with E-state index in [1.54, 1.807) is 6.33 Å². The molecule has 2 N–H and O–H groups in total. The number of H-pyrrole nitrogens is 1. The second-order valence-corrected chi connectivity index (χ2v) is 3.33. The molecule has 0 spiro atoms. The van der Waals surface area contributed by atoms with Crippen molar-refractivity contribution in [2.24, 2.45) is 0 Å². The molecule has 0 fully saturated rings. The van der Waals surface area contributed by atoms with Gasteiger partial charge in [-0.1, -0.05) is 18.2 Å². The highest BCUT2D eigenvalue weighted by Gasteiger charge is 1.95. The molecule has 1 aromatic heterocycles. The van der Waals surface area contributed by atoms with E-state index in [0.29, 0.717) is 0 Å². The Morgan fingerprint density at radius 3 is 2.80 bits per heavy atom. The number of hydrogen-bond donors (Lipinski definition) is 2. The zero-order chi connectivity index (χ0) is 10.3. The van der Waals surface area contributed by atoms with Crippen LogP contribution in [0.15, 0.2) is 36.7 Å². The van der Waals surface area contributed by atoms with E-state index in [1.807, 2.05) is 18.2 Å². The van der Waals surface area contributed by atoms with Gasteiger partial charge >= 0.3 is 0 Å². The van der Waals surface area contributed by atoms with Gasteiger partial charge in [-0.15, -0.1) is 0 Å². The molecule has 0 saturated carbocycles. The highest BCUT2D eigenvalue weighted by atomic mass is 15.2. The largest absolute Gasteiger partial charge is 0.385 e. The Hall–Kier alpha value is -1.84. The summed E-state index contributed by atoms with van der Waals surface area (Å²) in [5, 5.41) is 9.99. The minimum atomic E-state index is 0.930. The SMILES string of the molecule is c1ccc(NCCCc2ncn[nH]2)cc1. The zero-order valence-electron chi connectivity index (χ0n) is 8.48. The van der Waals surface area contributed by atoms with Crippen LogP contribution in [0.2, 0.25) is 0 Å². The molecule has 2 rings (SSSR count). The molecule has 0 atom stereocenters. The maximum absolute atomic E-state index is 4.07. The fourth-order valence-corrected chi connectivity index (χ4v) is 1.40. The Morgan fingerprint density at radius 2 is 2.07 bits per heavy atom. The molecule has 0 saturated heterocycles. The fourth-order valence-electron chi connectivity index (χ4n) is 1.40. The maximum atomic E-state index is 4.07. The van der Waals surface area contributed by atoms with Crippen LogP contribution in [0, 0.1) is 0 Å². The van der Waals surface area contributed by atoms with Gasteiger partial charge in [-0.25, -0.2) is 4.98 Å². The second kappa shape index (κ2) is 5.14. The van der Waals surface area contributed by atoms with E-state index in [-0.39, 0.29) is 0 Å². The highest BCUT2D eigenvalue weighted by Crippen LogP contribution is 2.04. The smallest absolute Gasteiger partial charge is 0.137 e. The number of benzene rings is 1. The van der Waals surface area contributed by atoms with Crippen molar-refractivity contribution in [1.82, 2.24) is 15.2 Å². The number of nitrogens with one attached hydrogen (secondary N) is 2. The molecule has 2 aromatic rings. The topological polar surface area (TPSA) is 53.6 Å². The van der Waals surface area contributed by atoms with Gasteiger partial charge in [-0.05, 0) is 18.6 Å². The summed E-state index contributed by atoms with van der Waals surface area (Å²) in [6.07, 6.45) is 3.52.